The highest BCUT2D eigenvalue weighted by Crippen LogP contribution is 2.19. The van der Waals surface area contributed by atoms with Crippen molar-refractivity contribution in [2.45, 2.75) is 360 Å². The Balaban J connectivity index is 3.99. The molecule has 0 aliphatic heterocycles. The largest absolute Gasteiger partial charge is 0.545 e. The van der Waals surface area contributed by atoms with Gasteiger partial charge in [0.1, 0.15) is 13.2 Å². The maximum atomic E-state index is 12.9. The van der Waals surface area contributed by atoms with Crippen LogP contribution >= 0.6 is 0 Å². The van der Waals surface area contributed by atoms with E-state index < -0.39 is 24.3 Å². The molecule has 9 nitrogen and oxygen atoms in total. The van der Waals surface area contributed by atoms with Gasteiger partial charge in [-0.1, -0.05) is 324 Å². The van der Waals surface area contributed by atoms with E-state index in [-0.39, 0.29) is 32.2 Å². The van der Waals surface area contributed by atoms with Crippen molar-refractivity contribution in [2.75, 3.05) is 47.5 Å². The van der Waals surface area contributed by atoms with Crippen molar-refractivity contribution in [3.05, 3.63) is 72.9 Å². The van der Waals surface area contributed by atoms with Crippen LogP contribution in [0.1, 0.15) is 348 Å². The quantitative estimate of drug-likeness (QED) is 0.0195. The van der Waals surface area contributed by atoms with E-state index in [9.17, 15) is 19.5 Å². The molecule has 0 radical (unpaired) electrons. The van der Waals surface area contributed by atoms with Crippen molar-refractivity contribution in [1.29, 1.82) is 0 Å². The van der Waals surface area contributed by atoms with Crippen molar-refractivity contribution >= 4 is 17.9 Å². The minimum atomic E-state index is -1.63. The molecule has 2 atom stereocenters. The van der Waals surface area contributed by atoms with Gasteiger partial charge in [0, 0.05) is 12.8 Å². The Labute approximate surface area is 538 Å². The Kier molecular flexibility index (Phi) is 66.1. The highest BCUT2D eigenvalue weighted by Gasteiger charge is 2.22. The summed E-state index contributed by atoms with van der Waals surface area (Å²) >= 11 is 0. The maximum Gasteiger partial charge on any atom is 0.306 e. The Morgan fingerprint density at radius 3 is 0.989 bits per heavy atom. The number of likely N-dealkylation sites (N-methyl/N-ethyl adjacent to an activating group) is 1. The lowest BCUT2D eigenvalue weighted by Crippen LogP contribution is -2.44. The van der Waals surface area contributed by atoms with Crippen molar-refractivity contribution in [3.8, 4) is 0 Å². The lowest BCUT2D eigenvalue weighted by molar-refractivity contribution is -0.870. The summed E-state index contributed by atoms with van der Waals surface area (Å²) in [5.74, 6) is -2.28. The number of carboxylic acid groups (broad SMARTS) is 1. The van der Waals surface area contributed by atoms with Crippen LogP contribution in [0.5, 0.6) is 0 Å². The number of quaternary nitrogens is 1. The fourth-order valence-corrected chi connectivity index (χ4v) is 10.8. The molecule has 0 heterocycles. The molecule has 0 aliphatic carbocycles. The van der Waals surface area contributed by atoms with Gasteiger partial charge in [-0.3, -0.25) is 9.59 Å². The fourth-order valence-electron chi connectivity index (χ4n) is 10.8. The van der Waals surface area contributed by atoms with Crippen molar-refractivity contribution in [1.82, 2.24) is 0 Å². The Morgan fingerprint density at radius 2 is 0.655 bits per heavy atom. The van der Waals surface area contributed by atoms with Gasteiger partial charge in [-0.25, -0.2) is 0 Å². The molecule has 0 aliphatic rings. The molecule has 0 saturated heterocycles. The van der Waals surface area contributed by atoms with E-state index in [0.29, 0.717) is 23.9 Å². The topological polar surface area (TPSA) is 111 Å². The molecule has 0 spiro atoms. The number of carbonyl (C=O) groups excluding carboxylic acids is 3. The van der Waals surface area contributed by atoms with Gasteiger partial charge >= 0.3 is 11.9 Å². The van der Waals surface area contributed by atoms with Gasteiger partial charge in [0.05, 0.1) is 40.3 Å². The molecule has 0 amide bonds. The third-order valence-corrected chi connectivity index (χ3v) is 16.4. The monoisotopic (exact) mass is 1220 g/mol. The summed E-state index contributed by atoms with van der Waals surface area (Å²) in [4.78, 5) is 37.5. The molecule has 0 rings (SSSR count). The highest BCUT2D eigenvalue weighted by atomic mass is 16.7. The number of nitrogens with zero attached hydrogens (tertiary/aromatic N) is 1. The number of carboxylic acids is 1. The van der Waals surface area contributed by atoms with Crippen molar-refractivity contribution < 1.29 is 42.9 Å². The number of rotatable bonds is 69. The van der Waals surface area contributed by atoms with E-state index in [2.05, 4.69) is 86.8 Å². The van der Waals surface area contributed by atoms with Gasteiger partial charge in [0.15, 0.2) is 12.4 Å². The summed E-state index contributed by atoms with van der Waals surface area (Å²) in [6.45, 7) is 4.66. The number of carbonyl (C=O) groups is 3. The molecular weight excluding hydrogens is 1080 g/mol. The van der Waals surface area contributed by atoms with Gasteiger partial charge in [0.25, 0.3) is 0 Å². The lowest BCUT2D eigenvalue weighted by Gasteiger charge is -2.26. The van der Waals surface area contributed by atoms with E-state index in [1.54, 1.807) is 0 Å². The lowest BCUT2D eigenvalue weighted by atomic mass is 10.0. The average molecular weight is 1220 g/mol. The van der Waals surface area contributed by atoms with Gasteiger partial charge in [-0.2, -0.15) is 0 Å². The molecule has 9 heteroatoms. The third-order valence-electron chi connectivity index (χ3n) is 16.4. The Bertz CT molecular complexity index is 1660. The molecule has 506 valence electrons. The number of ether oxygens (including phenoxy) is 4. The molecule has 87 heavy (non-hydrogen) atoms. The van der Waals surface area contributed by atoms with Crippen molar-refractivity contribution in [3.63, 3.8) is 0 Å². The first-order valence-corrected chi connectivity index (χ1v) is 37.1. The fraction of sp³-hybridized carbons (Fsp3) is 0.808. The first kappa shape index (κ1) is 83.7. The summed E-state index contributed by atoms with van der Waals surface area (Å²) in [6, 6.07) is 0. The molecular formula is C78H141NO8. The van der Waals surface area contributed by atoms with Crippen molar-refractivity contribution in [2.24, 2.45) is 0 Å². The first-order chi connectivity index (χ1) is 42.6. The van der Waals surface area contributed by atoms with Crippen LogP contribution in [0.4, 0.5) is 0 Å². The molecule has 0 bridgehead atoms. The number of hydrogen-bond acceptors (Lipinski definition) is 8. The molecule has 0 aromatic heterocycles. The van der Waals surface area contributed by atoms with E-state index in [0.717, 1.165) is 77.0 Å². The van der Waals surface area contributed by atoms with Crippen LogP contribution in [0, 0.1) is 0 Å². The minimum Gasteiger partial charge on any atom is -0.545 e. The summed E-state index contributed by atoms with van der Waals surface area (Å²) in [7, 11) is 5.93. The maximum absolute atomic E-state index is 12.9. The normalized spacial score (nSPS) is 13.1. The zero-order valence-corrected chi connectivity index (χ0v) is 57.9. The van der Waals surface area contributed by atoms with Crippen LogP contribution in [0.2, 0.25) is 0 Å². The molecule has 2 unspecified atom stereocenters. The number of aliphatic carboxylic acids is 1. The second-order valence-corrected chi connectivity index (χ2v) is 26.2. The van der Waals surface area contributed by atoms with Crippen LogP contribution < -0.4 is 5.11 Å². The summed E-state index contributed by atoms with van der Waals surface area (Å²) in [5, 5.41) is 11.8. The summed E-state index contributed by atoms with van der Waals surface area (Å²) < 4.78 is 22.8. The second kappa shape index (κ2) is 68.6. The van der Waals surface area contributed by atoms with E-state index >= 15 is 0 Å². The summed E-state index contributed by atoms with van der Waals surface area (Å²) in [5.41, 5.74) is 0. The van der Waals surface area contributed by atoms with Gasteiger partial charge in [-0.15, -0.1) is 0 Å². The molecule has 0 aromatic carbocycles. The number of esters is 2. The van der Waals surface area contributed by atoms with E-state index in [1.807, 2.05) is 21.1 Å². The molecule has 0 saturated carbocycles. The van der Waals surface area contributed by atoms with Crippen LogP contribution in [-0.4, -0.2) is 82.3 Å². The average Bonchev–Trinajstić information content (AvgIpc) is 3.50. The van der Waals surface area contributed by atoms with E-state index in [4.69, 9.17) is 18.9 Å². The van der Waals surface area contributed by atoms with Gasteiger partial charge in [0.2, 0.25) is 0 Å². The number of hydrogen-bond donors (Lipinski definition) is 0. The Morgan fingerprint density at radius 1 is 0.356 bits per heavy atom. The number of unbranched alkanes of at least 4 members (excludes halogenated alkanes) is 42. The predicted octanol–water partition coefficient (Wildman–Crippen LogP) is 21.9. The van der Waals surface area contributed by atoms with Gasteiger partial charge < -0.3 is 33.3 Å². The molecule has 0 fully saturated rings. The van der Waals surface area contributed by atoms with E-state index in [1.165, 1.54) is 238 Å². The minimum absolute atomic E-state index is 0.144. The molecule has 0 N–H and O–H groups in total. The Hall–Kier alpha value is -3.27. The van der Waals surface area contributed by atoms with Crippen LogP contribution in [0.25, 0.3) is 0 Å². The first-order valence-electron chi connectivity index (χ1n) is 37.1. The zero-order chi connectivity index (χ0) is 63.3. The SMILES string of the molecule is CC/C=C\C/C=C\C/C=C\C/C=C\C/C=C\CCCCCCCCCC(=O)OC(COC(=O)CCCCCCCCCCCCCCCCCCCCCCCCCCCCC/C=C\CCCCCCCCCC)COC(OCC[N+](C)(C)C)C(=O)[O-]. The molecule has 0 aromatic rings. The highest BCUT2D eigenvalue weighted by molar-refractivity contribution is 5.70. The number of allylic oxidation sites excluding steroid dienone is 12. The standard InChI is InChI=1S/C78H141NO8/c1-6-8-10-12-14-16-18-20-22-24-26-28-30-31-32-33-34-35-36-37-38-39-40-41-42-43-44-45-47-48-50-52-54-56-58-60-62-64-66-68-75(80)85-72-74(73-86-78(77(82)83)84-71-70-79(3,4)5)87-76(81)69-67-65-63-61-59-57-55-53-51-49-46-29-27-25-23-21-19-17-15-13-11-9-7-2/h9,11,15,17,21,23-24,26-27,29,49,51,74,78H,6-8,10,12-14,16,18-20,22,25,28,30-48,50,52-73H2,1-5H3/b11-9-,17-15-,23-21-,26-24-,29-27-,51-49-. The van der Waals surface area contributed by atoms with Gasteiger partial charge in [-0.05, 0) is 83.5 Å². The smallest absolute Gasteiger partial charge is 0.306 e. The summed E-state index contributed by atoms with van der Waals surface area (Å²) in [6.07, 6.45) is 88.7. The predicted molar refractivity (Wildman–Crippen MR) is 371 cm³/mol. The van der Waals surface area contributed by atoms with Crippen LogP contribution in [0.3, 0.4) is 0 Å². The third kappa shape index (κ3) is 70.1. The second-order valence-electron chi connectivity index (χ2n) is 26.2. The van der Waals surface area contributed by atoms with Crippen LogP contribution in [-0.2, 0) is 33.3 Å². The van der Waals surface area contributed by atoms with Crippen LogP contribution in [0.15, 0.2) is 72.9 Å². The zero-order valence-electron chi connectivity index (χ0n) is 57.9.